The van der Waals surface area contributed by atoms with Crippen LogP contribution in [0.4, 0.5) is 5.82 Å². The van der Waals surface area contributed by atoms with Crippen molar-refractivity contribution in [3.05, 3.63) is 60.4 Å². The number of methoxy groups -OCH3 is 3. The van der Waals surface area contributed by atoms with Gasteiger partial charge in [-0.15, -0.1) is 0 Å². The van der Waals surface area contributed by atoms with Crippen molar-refractivity contribution in [2.45, 2.75) is 0 Å². The minimum absolute atomic E-state index is 0.329. The van der Waals surface area contributed by atoms with Crippen LogP contribution in [-0.2, 0) is 0 Å². The summed E-state index contributed by atoms with van der Waals surface area (Å²) >= 11 is 0. The first-order chi connectivity index (χ1) is 14.6. The minimum Gasteiger partial charge on any atom is -0.493 e. The molecular weight excluding hydrogens is 386 g/mol. The number of carbonyl (C=O) groups excluding carboxylic acids is 1. The number of anilines is 1. The number of amides is 1. The Morgan fingerprint density at radius 3 is 2.30 bits per heavy atom. The fraction of sp³-hybridized carbons (Fsp3) is 0.143. The molecule has 2 aromatic heterocycles. The van der Waals surface area contributed by atoms with Gasteiger partial charge in [0.05, 0.1) is 27.0 Å². The van der Waals surface area contributed by atoms with Gasteiger partial charge in [-0.3, -0.25) is 4.79 Å². The number of nitrogens with zero attached hydrogens (tertiary/aromatic N) is 4. The third-order valence-electron chi connectivity index (χ3n) is 4.49. The number of rotatable bonds is 6. The summed E-state index contributed by atoms with van der Waals surface area (Å²) in [6, 6.07) is 14.5. The molecule has 9 nitrogen and oxygen atoms in total. The summed E-state index contributed by atoms with van der Waals surface area (Å²) in [5, 5.41) is 7.02. The molecule has 0 saturated heterocycles. The number of fused-ring (bicyclic) bond motifs is 1. The number of ether oxygens (including phenoxy) is 3. The standard InChI is InChI=1S/C21H19N5O4/c1-28-16-9-14(10-17(29-2)19(16)30-3)20(27)25-18-11-15(13-7-5-4-6-8-13)24-21-22-12-23-26(18)21/h4-12H,1-3H3,(H,25,27). The number of aromatic nitrogens is 4. The topological polar surface area (TPSA) is 99.9 Å². The van der Waals surface area contributed by atoms with E-state index in [0.717, 1.165) is 5.56 Å². The third-order valence-corrected chi connectivity index (χ3v) is 4.49. The molecule has 0 unspecified atom stereocenters. The predicted molar refractivity (Wildman–Crippen MR) is 110 cm³/mol. The smallest absolute Gasteiger partial charge is 0.257 e. The molecular formula is C21H19N5O4. The van der Waals surface area contributed by atoms with Gasteiger partial charge in [-0.2, -0.15) is 14.6 Å². The van der Waals surface area contributed by atoms with Crippen LogP contribution >= 0.6 is 0 Å². The second kappa shape index (κ2) is 8.08. The number of hydrogen-bond acceptors (Lipinski definition) is 7. The molecule has 0 fully saturated rings. The summed E-state index contributed by atoms with van der Waals surface area (Å²) in [6.07, 6.45) is 1.38. The quantitative estimate of drug-likeness (QED) is 0.526. The zero-order valence-corrected chi connectivity index (χ0v) is 16.6. The van der Waals surface area contributed by atoms with Crippen LogP contribution in [0.5, 0.6) is 17.2 Å². The summed E-state index contributed by atoms with van der Waals surface area (Å²) in [6.45, 7) is 0. The molecule has 4 rings (SSSR count). The SMILES string of the molecule is COc1cc(C(=O)Nc2cc(-c3ccccc3)nc3ncnn23)cc(OC)c1OC. The lowest BCUT2D eigenvalue weighted by molar-refractivity contribution is 0.102. The molecule has 2 aromatic carbocycles. The molecule has 1 amide bonds. The summed E-state index contributed by atoms with van der Waals surface area (Å²) in [5.41, 5.74) is 1.89. The van der Waals surface area contributed by atoms with Gasteiger partial charge in [-0.05, 0) is 12.1 Å². The van der Waals surface area contributed by atoms with E-state index in [1.54, 1.807) is 18.2 Å². The molecule has 30 heavy (non-hydrogen) atoms. The monoisotopic (exact) mass is 405 g/mol. The number of benzene rings is 2. The van der Waals surface area contributed by atoms with Gasteiger partial charge in [0.1, 0.15) is 12.1 Å². The first-order valence-corrected chi connectivity index (χ1v) is 9.02. The van der Waals surface area contributed by atoms with Crippen LogP contribution in [0, 0.1) is 0 Å². The number of hydrogen-bond donors (Lipinski definition) is 1. The van der Waals surface area contributed by atoms with Gasteiger partial charge in [-0.25, -0.2) is 4.98 Å². The van der Waals surface area contributed by atoms with E-state index in [2.05, 4.69) is 20.4 Å². The molecule has 0 radical (unpaired) electrons. The van der Waals surface area contributed by atoms with Crippen molar-refractivity contribution in [1.29, 1.82) is 0 Å². The molecule has 0 atom stereocenters. The molecule has 1 N–H and O–H groups in total. The van der Waals surface area contributed by atoms with Gasteiger partial charge < -0.3 is 19.5 Å². The second-order valence-electron chi connectivity index (χ2n) is 6.23. The Kier molecular flexibility index (Phi) is 5.17. The summed E-state index contributed by atoms with van der Waals surface area (Å²) in [5.74, 6) is 1.59. The Labute approximate surface area is 172 Å². The predicted octanol–water partition coefficient (Wildman–Crippen LogP) is 3.07. The lowest BCUT2D eigenvalue weighted by Gasteiger charge is -2.14. The maximum Gasteiger partial charge on any atom is 0.257 e. The number of carbonyl (C=O) groups is 1. The first-order valence-electron chi connectivity index (χ1n) is 9.02. The third kappa shape index (κ3) is 3.48. The van der Waals surface area contributed by atoms with E-state index in [9.17, 15) is 4.79 Å². The van der Waals surface area contributed by atoms with Crippen LogP contribution in [0.25, 0.3) is 17.0 Å². The van der Waals surface area contributed by atoms with Gasteiger partial charge in [-0.1, -0.05) is 30.3 Å². The Morgan fingerprint density at radius 2 is 1.67 bits per heavy atom. The van der Waals surface area contributed by atoms with Gasteiger partial charge in [0.15, 0.2) is 11.5 Å². The molecule has 152 valence electrons. The molecule has 9 heteroatoms. The van der Waals surface area contributed by atoms with Crippen LogP contribution in [0.2, 0.25) is 0 Å². The van der Waals surface area contributed by atoms with Crippen LogP contribution in [0.15, 0.2) is 54.9 Å². The fourth-order valence-electron chi connectivity index (χ4n) is 3.06. The van der Waals surface area contributed by atoms with Crippen LogP contribution in [-0.4, -0.2) is 46.8 Å². The van der Waals surface area contributed by atoms with Crippen LogP contribution in [0.1, 0.15) is 10.4 Å². The Balaban J connectivity index is 1.74. The van der Waals surface area contributed by atoms with Crippen molar-refractivity contribution in [3.8, 4) is 28.5 Å². The Bertz CT molecular complexity index is 1180. The van der Waals surface area contributed by atoms with E-state index >= 15 is 0 Å². The van der Waals surface area contributed by atoms with Gasteiger partial charge in [0.2, 0.25) is 5.75 Å². The first kappa shape index (κ1) is 19.2. The van der Waals surface area contributed by atoms with E-state index in [1.807, 2.05) is 30.3 Å². The highest BCUT2D eigenvalue weighted by Gasteiger charge is 2.19. The van der Waals surface area contributed by atoms with Crippen molar-refractivity contribution < 1.29 is 19.0 Å². The van der Waals surface area contributed by atoms with E-state index in [0.29, 0.717) is 40.1 Å². The van der Waals surface area contributed by atoms with E-state index in [-0.39, 0.29) is 5.91 Å². The highest BCUT2D eigenvalue weighted by molar-refractivity contribution is 6.05. The lowest BCUT2D eigenvalue weighted by Crippen LogP contribution is -2.16. The average molecular weight is 405 g/mol. The van der Waals surface area contributed by atoms with Gasteiger partial charge in [0.25, 0.3) is 11.7 Å². The van der Waals surface area contributed by atoms with Crippen molar-refractivity contribution >= 4 is 17.5 Å². The fourth-order valence-corrected chi connectivity index (χ4v) is 3.06. The largest absolute Gasteiger partial charge is 0.493 e. The van der Waals surface area contributed by atoms with Crippen molar-refractivity contribution in [3.63, 3.8) is 0 Å². The molecule has 4 aromatic rings. The molecule has 0 aliphatic carbocycles. The van der Waals surface area contributed by atoms with E-state index < -0.39 is 0 Å². The zero-order chi connectivity index (χ0) is 21.1. The maximum atomic E-state index is 13.0. The Morgan fingerprint density at radius 1 is 0.967 bits per heavy atom. The highest BCUT2D eigenvalue weighted by atomic mass is 16.5. The molecule has 0 bridgehead atoms. The zero-order valence-electron chi connectivity index (χ0n) is 16.6. The molecule has 0 aliphatic heterocycles. The summed E-state index contributed by atoms with van der Waals surface area (Å²) < 4.78 is 17.4. The molecule has 0 spiro atoms. The summed E-state index contributed by atoms with van der Waals surface area (Å²) in [7, 11) is 4.49. The van der Waals surface area contributed by atoms with E-state index in [1.165, 1.54) is 32.2 Å². The second-order valence-corrected chi connectivity index (χ2v) is 6.23. The summed E-state index contributed by atoms with van der Waals surface area (Å²) in [4.78, 5) is 21.7. The minimum atomic E-state index is -0.378. The van der Waals surface area contributed by atoms with Crippen molar-refractivity contribution in [2.75, 3.05) is 26.6 Å². The lowest BCUT2D eigenvalue weighted by atomic mass is 10.1. The number of nitrogens with one attached hydrogen (secondary N) is 1. The van der Waals surface area contributed by atoms with Crippen LogP contribution < -0.4 is 19.5 Å². The maximum absolute atomic E-state index is 13.0. The Hall–Kier alpha value is -4.14. The van der Waals surface area contributed by atoms with E-state index in [4.69, 9.17) is 14.2 Å². The van der Waals surface area contributed by atoms with Crippen molar-refractivity contribution in [1.82, 2.24) is 19.6 Å². The van der Waals surface area contributed by atoms with Crippen LogP contribution in [0.3, 0.4) is 0 Å². The van der Waals surface area contributed by atoms with Gasteiger partial charge in [0, 0.05) is 17.2 Å². The molecule has 2 heterocycles. The average Bonchev–Trinajstić information content (AvgIpc) is 3.27. The van der Waals surface area contributed by atoms with Gasteiger partial charge >= 0.3 is 0 Å². The highest BCUT2D eigenvalue weighted by Crippen LogP contribution is 2.38. The van der Waals surface area contributed by atoms with Crippen molar-refractivity contribution in [2.24, 2.45) is 0 Å². The molecule has 0 saturated carbocycles. The normalized spacial score (nSPS) is 10.6. The molecule has 0 aliphatic rings.